The van der Waals surface area contributed by atoms with E-state index in [1.54, 1.807) is 14.2 Å². The van der Waals surface area contributed by atoms with E-state index in [1.807, 2.05) is 103 Å². The molecular formula is C36H29NO4. The highest BCUT2D eigenvalue weighted by atomic mass is 16.5. The van der Waals surface area contributed by atoms with E-state index >= 15 is 0 Å². The number of para-hydroxylation sites is 1. The minimum Gasteiger partial charge on any atom is -0.497 e. The first-order valence-electron chi connectivity index (χ1n) is 13.8. The second-order valence-corrected chi connectivity index (χ2v) is 10.7. The highest BCUT2D eigenvalue weighted by Crippen LogP contribution is 2.59. The molecule has 1 saturated heterocycles. The molecule has 3 aliphatic rings. The number of rotatable bonds is 6. The fourth-order valence-electron chi connectivity index (χ4n) is 6.88. The van der Waals surface area contributed by atoms with Gasteiger partial charge in [0.15, 0.2) is 0 Å². The summed E-state index contributed by atoms with van der Waals surface area (Å²) < 4.78 is 10.8. The van der Waals surface area contributed by atoms with Crippen LogP contribution in [-0.4, -0.2) is 26.0 Å². The molecule has 0 spiro atoms. The van der Waals surface area contributed by atoms with Crippen molar-refractivity contribution in [2.75, 3.05) is 19.1 Å². The summed E-state index contributed by atoms with van der Waals surface area (Å²) in [6.07, 6.45) is 4.26. The van der Waals surface area contributed by atoms with Crippen LogP contribution in [0.25, 0.3) is 16.7 Å². The van der Waals surface area contributed by atoms with Crippen LogP contribution in [0.2, 0.25) is 0 Å². The third-order valence-corrected chi connectivity index (χ3v) is 8.69. The molecule has 0 radical (unpaired) electrons. The first-order chi connectivity index (χ1) is 20.1. The Morgan fingerprint density at radius 1 is 0.610 bits per heavy atom. The molecule has 1 saturated carbocycles. The minimum absolute atomic E-state index is 0.124. The van der Waals surface area contributed by atoms with Crippen molar-refractivity contribution in [1.29, 1.82) is 0 Å². The van der Waals surface area contributed by atoms with Gasteiger partial charge in [-0.2, -0.15) is 0 Å². The normalized spacial score (nSPS) is 22.3. The summed E-state index contributed by atoms with van der Waals surface area (Å²) in [7, 11) is 3.30. The predicted octanol–water partition coefficient (Wildman–Crippen LogP) is 6.79. The van der Waals surface area contributed by atoms with Crippen LogP contribution in [0.15, 0.2) is 121 Å². The van der Waals surface area contributed by atoms with Crippen molar-refractivity contribution in [1.82, 2.24) is 0 Å². The Hall–Kier alpha value is -4.90. The zero-order valence-electron chi connectivity index (χ0n) is 22.9. The van der Waals surface area contributed by atoms with E-state index in [4.69, 9.17) is 9.47 Å². The van der Waals surface area contributed by atoms with E-state index in [0.29, 0.717) is 5.69 Å². The Balaban J connectivity index is 1.33. The Morgan fingerprint density at radius 3 is 1.61 bits per heavy atom. The molecule has 5 heteroatoms. The number of benzene rings is 4. The van der Waals surface area contributed by atoms with Crippen LogP contribution in [-0.2, 0) is 9.59 Å². The fourth-order valence-corrected chi connectivity index (χ4v) is 6.88. The first-order valence-corrected chi connectivity index (χ1v) is 13.8. The molecule has 2 fully saturated rings. The Bertz CT molecular complexity index is 1620. The van der Waals surface area contributed by atoms with Gasteiger partial charge in [-0.3, -0.25) is 9.59 Å². The van der Waals surface area contributed by atoms with Crippen LogP contribution >= 0.6 is 0 Å². The molecule has 0 unspecified atom stereocenters. The lowest BCUT2D eigenvalue weighted by Gasteiger charge is -2.23. The monoisotopic (exact) mass is 539 g/mol. The van der Waals surface area contributed by atoms with Gasteiger partial charge >= 0.3 is 0 Å². The number of fused-ring (bicyclic) bond motifs is 5. The summed E-state index contributed by atoms with van der Waals surface area (Å²) in [5, 5.41) is 0. The number of allylic oxidation sites excluding steroid dienone is 3. The summed E-state index contributed by atoms with van der Waals surface area (Å²) in [6.45, 7) is 0. The van der Waals surface area contributed by atoms with E-state index in [-0.39, 0.29) is 23.7 Å². The number of anilines is 1. The largest absolute Gasteiger partial charge is 0.497 e. The zero-order chi connectivity index (χ0) is 28.1. The van der Waals surface area contributed by atoms with Crippen molar-refractivity contribution in [3.8, 4) is 22.6 Å². The van der Waals surface area contributed by atoms with Gasteiger partial charge in [-0.25, -0.2) is 4.90 Å². The molecule has 0 aromatic heterocycles. The topological polar surface area (TPSA) is 55.8 Å². The number of hydrogen-bond acceptors (Lipinski definition) is 4. The summed E-state index contributed by atoms with van der Waals surface area (Å²) in [6, 6.07) is 33.6. The Morgan fingerprint density at radius 2 is 1.10 bits per heavy atom. The van der Waals surface area contributed by atoms with Crippen molar-refractivity contribution in [2.45, 2.75) is 0 Å². The highest BCUT2D eigenvalue weighted by Gasteiger charge is 2.62. The molecule has 1 aliphatic heterocycles. The number of methoxy groups -OCH3 is 2. The van der Waals surface area contributed by atoms with Gasteiger partial charge in [0.2, 0.25) is 11.8 Å². The lowest BCUT2D eigenvalue weighted by Crippen LogP contribution is -2.33. The van der Waals surface area contributed by atoms with Crippen molar-refractivity contribution < 1.29 is 19.1 Å². The minimum atomic E-state index is -0.428. The quantitative estimate of drug-likeness (QED) is 0.200. The van der Waals surface area contributed by atoms with Crippen LogP contribution in [0.1, 0.15) is 11.1 Å². The molecule has 4 atom stereocenters. The predicted molar refractivity (Wildman–Crippen MR) is 159 cm³/mol. The molecule has 2 bridgehead atoms. The second-order valence-electron chi connectivity index (χ2n) is 10.7. The SMILES string of the molecule is COc1ccc(C(=C2[C@H]3C=C[C@H]2[C@H]2C(=O)N(c4ccccc4-c4ccccc4)C(=O)[C@H]23)c2ccc(OC)cc2)cc1. The highest BCUT2D eigenvalue weighted by molar-refractivity contribution is 6.24. The van der Waals surface area contributed by atoms with Crippen molar-refractivity contribution in [2.24, 2.45) is 23.7 Å². The molecule has 0 N–H and O–H groups in total. The van der Waals surface area contributed by atoms with Gasteiger partial charge in [-0.15, -0.1) is 0 Å². The number of carbonyl (C=O) groups is 2. The van der Waals surface area contributed by atoms with E-state index in [0.717, 1.165) is 44.9 Å². The van der Waals surface area contributed by atoms with Gasteiger partial charge in [0.1, 0.15) is 11.5 Å². The number of imide groups is 1. The van der Waals surface area contributed by atoms with E-state index in [9.17, 15) is 9.59 Å². The Labute approximate surface area is 239 Å². The van der Waals surface area contributed by atoms with Gasteiger partial charge in [0.05, 0.1) is 31.7 Å². The van der Waals surface area contributed by atoms with E-state index in [1.165, 1.54) is 4.90 Å². The maximum Gasteiger partial charge on any atom is 0.238 e. The van der Waals surface area contributed by atoms with Crippen molar-refractivity contribution in [3.05, 3.63) is 132 Å². The molecule has 7 rings (SSSR count). The number of amides is 2. The smallest absolute Gasteiger partial charge is 0.238 e. The molecule has 202 valence electrons. The number of carbonyl (C=O) groups excluding carboxylic acids is 2. The molecule has 41 heavy (non-hydrogen) atoms. The number of nitrogens with zero attached hydrogens (tertiary/aromatic N) is 1. The van der Waals surface area contributed by atoms with Crippen LogP contribution in [0.4, 0.5) is 5.69 Å². The Kier molecular flexibility index (Phi) is 6.08. The zero-order valence-corrected chi connectivity index (χ0v) is 22.9. The molecule has 4 aromatic rings. The van der Waals surface area contributed by atoms with Gasteiger partial charge in [-0.05, 0) is 58.2 Å². The lowest BCUT2D eigenvalue weighted by atomic mass is 9.85. The molecule has 2 aliphatic carbocycles. The number of ether oxygens (including phenoxy) is 2. The molecule has 5 nitrogen and oxygen atoms in total. The van der Waals surface area contributed by atoms with Crippen LogP contribution in [0, 0.1) is 23.7 Å². The average Bonchev–Trinajstić information content (AvgIpc) is 3.67. The van der Waals surface area contributed by atoms with Crippen LogP contribution in [0.5, 0.6) is 11.5 Å². The summed E-state index contributed by atoms with van der Waals surface area (Å²) in [5.41, 5.74) is 6.74. The van der Waals surface area contributed by atoms with Gasteiger partial charge in [0, 0.05) is 17.4 Å². The fraction of sp³-hybridized carbons (Fsp3) is 0.167. The third kappa shape index (κ3) is 3.92. The van der Waals surface area contributed by atoms with Crippen molar-refractivity contribution in [3.63, 3.8) is 0 Å². The van der Waals surface area contributed by atoms with Crippen LogP contribution < -0.4 is 14.4 Å². The standard InChI is InChI=1S/C36H29NO4/c1-40-25-16-12-23(13-17-25)31(24-14-18-26(41-2)19-15-24)32-28-20-21-29(32)34-33(28)35(38)37(36(34)39)30-11-7-6-10-27(30)22-8-4-3-5-9-22/h3-21,28-29,33-34H,1-2H3/t28-,29-,33-,34+/m1/s1. The van der Waals surface area contributed by atoms with E-state index in [2.05, 4.69) is 12.2 Å². The lowest BCUT2D eigenvalue weighted by molar-refractivity contribution is -0.122. The summed E-state index contributed by atoms with van der Waals surface area (Å²) >= 11 is 0. The van der Waals surface area contributed by atoms with Gasteiger partial charge in [0.25, 0.3) is 0 Å². The average molecular weight is 540 g/mol. The summed E-state index contributed by atoms with van der Waals surface area (Å²) in [4.78, 5) is 29.8. The van der Waals surface area contributed by atoms with Crippen molar-refractivity contribution >= 4 is 23.1 Å². The summed E-state index contributed by atoms with van der Waals surface area (Å²) in [5.74, 6) is 0.128. The van der Waals surface area contributed by atoms with Crippen LogP contribution in [0.3, 0.4) is 0 Å². The maximum absolute atomic E-state index is 14.2. The van der Waals surface area contributed by atoms with E-state index < -0.39 is 11.8 Å². The van der Waals surface area contributed by atoms with Gasteiger partial charge in [-0.1, -0.05) is 84.9 Å². The second kappa shape index (κ2) is 9.93. The first kappa shape index (κ1) is 25.1. The van der Waals surface area contributed by atoms with Gasteiger partial charge < -0.3 is 9.47 Å². The molecule has 2 amide bonds. The number of hydrogen-bond donors (Lipinski definition) is 0. The third-order valence-electron chi connectivity index (χ3n) is 8.69. The molecule has 1 heterocycles. The maximum atomic E-state index is 14.2. The molecular weight excluding hydrogens is 510 g/mol. The molecule has 4 aromatic carbocycles.